The maximum Gasteiger partial charge on any atom is 0.191 e. The zero-order chi connectivity index (χ0) is 19.2. The lowest BCUT2D eigenvalue weighted by Gasteiger charge is -2.10. The van der Waals surface area contributed by atoms with E-state index in [1.165, 1.54) is 6.26 Å². The molecule has 7 nitrogen and oxygen atoms in total. The summed E-state index contributed by atoms with van der Waals surface area (Å²) in [4.78, 5) is 4.51. The summed E-state index contributed by atoms with van der Waals surface area (Å²) in [5, 5.41) is 10.4. The molecule has 2 aromatic rings. The van der Waals surface area contributed by atoms with Crippen LogP contribution in [0.25, 0.3) is 0 Å². The van der Waals surface area contributed by atoms with Gasteiger partial charge in [-0.3, -0.25) is 4.99 Å². The maximum absolute atomic E-state index is 11.5. The van der Waals surface area contributed by atoms with E-state index in [1.54, 1.807) is 19.2 Å². The molecule has 0 aliphatic heterocycles. The Bertz CT molecular complexity index is 846. The van der Waals surface area contributed by atoms with Crippen LogP contribution < -0.4 is 10.6 Å². The molecule has 0 spiro atoms. The van der Waals surface area contributed by atoms with E-state index in [0.717, 1.165) is 23.4 Å². The molecule has 1 aromatic carbocycles. The van der Waals surface area contributed by atoms with E-state index < -0.39 is 9.84 Å². The van der Waals surface area contributed by atoms with Crippen LogP contribution in [0.1, 0.15) is 36.8 Å². The molecule has 2 N–H and O–H groups in total. The lowest BCUT2D eigenvalue weighted by molar-refractivity contribution is 0.372. The minimum absolute atomic E-state index is 0. The monoisotopic (exact) mass is 506 g/mol. The highest BCUT2D eigenvalue weighted by molar-refractivity contribution is 14.0. The number of nitrogens with zero attached hydrogens (tertiary/aromatic N) is 2. The predicted octanol–water partition coefficient (Wildman–Crippen LogP) is 2.73. The van der Waals surface area contributed by atoms with Gasteiger partial charge in [-0.05, 0) is 30.0 Å². The van der Waals surface area contributed by atoms with Crippen LogP contribution in [0.3, 0.4) is 0 Å². The molecule has 150 valence electrons. The molecule has 0 unspecified atom stereocenters. The van der Waals surface area contributed by atoms with E-state index in [4.69, 9.17) is 4.52 Å². The van der Waals surface area contributed by atoms with E-state index in [9.17, 15) is 8.42 Å². The highest BCUT2D eigenvalue weighted by Gasteiger charge is 2.08. The molecule has 0 bridgehead atoms. The van der Waals surface area contributed by atoms with Crippen LogP contribution in [0.2, 0.25) is 0 Å². The van der Waals surface area contributed by atoms with Crippen molar-refractivity contribution in [3.05, 3.63) is 47.3 Å². The largest absolute Gasteiger partial charge is 0.359 e. The first-order valence-corrected chi connectivity index (χ1v) is 10.4. The number of halogens is 1. The summed E-state index contributed by atoms with van der Waals surface area (Å²) in [6.07, 6.45) is 1.96. The highest BCUT2D eigenvalue weighted by atomic mass is 127. The Balaban J connectivity index is 0.00000364. The third kappa shape index (κ3) is 7.49. The summed E-state index contributed by atoms with van der Waals surface area (Å²) < 4.78 is 28.2. The molecular weight excluding hydrogens is 479 g/mol. The molecule has 9 heteroatoms. The van der Waals surface area contributed by atoms with Gasteiger partial charge < -0.3 is 15.2 Å². The summed E-state index contributed by atoms with van der Waals surface area (Å²) in [7, 11) is -1.45. The molecule has 0 aliphatic carbocycles. The van der Waals surface area contributed by atoms with Gasteiger partial charge >= 0.3 is 0 Å². The molecule has 0 aliphatic rings. The van der Waals surface area contributed by atoms with Crippen molar-refractivity contribution in [2.75, 3.05) is 19.8 Å². The third-order valence-electron chi connectivity index (χ3n) is 3.88. The molecule has 2 rings (SSSR count). The fraction of sp³-hybridized carbons (Fsp3) is 0.444. The molecule has 0 saturated carbocycles. The van der Waals surface area contributed by atoms with E-state index in [1.807, 2.05) is 18.2 Å². The highest BCUT2D eigenvalue weighted by Crippen LogP contribution is 2.13. The van der Waals surface area contributed by atoms with Gasteiger partial charge in [0, 0.05) is 25.9 Å². The maximum atomic E-state index is 11.5. The van der Waals surface area contributed by atoms with Crippen molar-refractivity contribution in [3.63, 3.8) is 0 Å². The smallest absolute Gasteiger partial charge is 0.191 e. The standard InChI is InChI=1S/C18H26N4O3S.HI/c1-13(2)17-11-15(25-22-17)12-21-18(19-3)20-10-9-14-5-7-16(8-6-14)26(4,23)24;/h5-8,11,13H,9-10,12H2,1-4H3,(H2,19,20,21);1H. The van der Waals surface area contributed by atoms with E-state index in [2.05, 4.69) is 34.6 Å². The van der Waals surface area contributed by atoms with Crippen molar-refractivity contribution in [2.45, 2.75) is 37.6 Å². The van der Waals surface area contributed by atoms with Crippen LogP contribution in [-0.4, -0.2) is 39.4 Å². The van der Waals surface area contributed by atoms with Crippen molar-refractivity contribution in [1.82, 2.24) is 15.8 Å². The number of guanidine groups is 1. The second kappa shape index (κ2) is 10.6. The zero-order valence-electron chi connectivity index (χ0n) is 16.0. The summed E-state index contributed by atoms with van der Waals surface area (Å²) in [6, 6.07) is 8.86. The van der Waals surface area contributed by atoms with Gasteiger partial charge in [-0.2, -0.15) is 0 Å². The Hall–Kier alpha value is -1.62. The summed E-state index contributed by atoms with van der Waals surface area (Å²) >= 11 is 0. The zero-order valence-corrected chi connectivity index (χ0v) is 19.2. The fourth-order valence-corrected chi connectivity index (χ4v) is 2.93. The Morgan fingerprint density at radius 2 is 1.89 bits per heavy atom. The lowest BCUT2D eigenvalue weighted by atomic mass is 10.1. The summed E-state index contributed by atoms with van der Waals surface area (Å²) in [5.74, 6) is 1.76. The number of sulfone groups is 1. The number of aromatic nitrogens is 1. The van der Waals surface area contributed by atoms with Crippen LogP contribution >= 0.6 is 24.0 Å². The molecular formula is C18H27IN4O3S. The van der Waals surface area contributed by atoms with Gasteiger partial charge in [-0.15, -0.1) is 24.0 Å². The van der Waals surface area contributed by atoms with Gasteiger partial charge in [-0.1, -0.05) is 31.1 Å². The molecule has 0 saturated heterocycles. The van der Waals surface area contributed by atoms with Gasteiger partial charge in [0.2, 0.25) is 0 Å². The SMILES string of the molecule is CN=C(NCCc1ccc(S(C)(=O)=O)cc1)NCc1cc(C(C)C)no1.I. The van der Waals surface area contributed by atoms with Crippen LogP contribution in [0, 0.1) is 0 Å². The quantitative estimate of drug-likeness (QED) is 0.341. The predicted molar refractivity (Wildman–Crippen MR) is 117 cm³/mol. The molecule has 0 atom stereocenters. The number of benzene rings is 1. The first-order chi connectivity index (χ1) is 12.3. The molecule has 0 fully saturated rings. The normalized spacial score (nSPS) is 12.0. The van der Waals surface area contributed by atoms with Gasteiger partial charge in [0.05, 0.1) is 17.1 Å². The molecule has 0 radical (unpaired) electrons. The van der Waals surface area contributed by atoms with E-state index in [-0.39, 0.29) is 24.0 Å². The number of hydrogen-bond acceptors (Lipinski definition) is 5. The second-order valence-corrected chi connectivity index (χ2v) is 8.41. The van der Waals surface area contributed by atoms with Crippen molar-refractivity contribution in [1.29, 1.82) is 0 Å². The Labute approximate surface area is 178 Å². The van der Waals surface area contributed by atoms with Crippen LogP contribution in [-0.2, 0) is 22.8 Å². The molecule has 0 amide bonds. The van der Waals surface area contributed by atoms with Crippen LogP contribution in [0.5, 0.6) is 0 Å². The Kier molecular flexibility index (Phi) is 9.23. The topological polar surface area (TPSA) is 96.6 Å². The first-order valence-electron chi connectivity index (χ1n) is 8.48. The number of hydrogen-bond donors (Lipinski definition) is 2. The molecule has 1 heterocycles. The first kappa shape index (κ1) is 23.4. The average molecular weight is 506 g/mol. The van der Waals surface area contributed by atoms with Crippen LogP contribution in [0.4, 0.5) is 0 Å². The van der Waals surface area contributed by atoms with Crippen molar-refractivity contribution >= 4 is 39.8 Å². The second-order valence-electron chi connectivity index (χ2n) is 6.39. The average Bonchev–Trinajstić information content (AvgIpc) is 3.07. The summed E-state index contributed by atoms with van der Waals surface area (Å²) in [5.41, 5.74) is 1.99. The van der Waals surface area contributed by atoms with Gasteiger partial charge in [-0.25, -0.2) is 8.42 Å². The minimum Gasteiger partial charge on any atom is -0.359 e. The summed E-state index contributed by atoms with van der Waals surface area (Å²) in [6.45, 7) is 5.31. The number of aliphatic imine (C=N–C) groups is 1. The Morgan fingerprint density at radius 3 is 2.41 bits per heavy atom. The molecule has 27 heavy (non-hydrogen) atoms. The number of rotatable bonds is 7. The van der Waals surface area contributed by atoms with Gasteiger partial charge in [0.25, 0.3) is 0 Å². The fourth-order valence-electron chi connectivity index (χ4n) is 2.30. The van der Waals surface area contributed by atoms with Crippen molar-refractivity contribution in [2.24, 2.45) is 4.99 Å². The lowest BCUT2D eigenvalue weighted by Crippen LogP contribution is -2.37. The van der Waals surface area contributed by atoms with Crippen molar-refractivity contribution in [3.8, 4) is 0 Å². The third-order valence-corrected chi connectivity index (χ3v) is 5.01. The Morgan fingerprint density at radius 1 is 1.22 bits per heavy atom. The minimum atomic E-state index is -3.15. The van der Waals surface area contributed by atoms with Crippen molar-refractivity contribution < 1.29 is 12.9 Å². The van der Waals surface area contributed by atoms with E-state index >= 15 is 0 Å². The van der Waals surface area contributed by atoms with Gasteiger partial charge in [0.1, 0.15) is 0 Å². The molecule has 1 aromatic heterocycles. The van der Waals surface area contributed by atoms with E-state index in [0.29, 0.717) is 29.9 Å². The number of nitrogens with one attached hydrogen (secondary N) is 2. The van der Waals surface area contributed by atoms with Crippen LogP contribution in [0.15, 0.2) is 44.7 Å². The van der Waals surface area contributed by atoms with Gasteiger partial charge in [0.15, 0.2) is 21.6 Å².